The van der Waals surface area contributed by atoms with Crippen LogP contribution in [0.5, 0.6) is 0 Å². The number of Topliss-reactive ketones (excluding diaryl/α,β-unsaturated/α-hetero) is 1. The van der Waals surface area contributed by atoms with Gasteiger partial charge in [-0.15, -0.1) is 0 Å². The minimum atomic E-state index is -1.42. The van der Waals surface area contributed by atoms with Crippen molar-refractivity contribution in [1.82, 2.24) is 0 Å². The average Bonchev–Trinajstić information content (AvgIpc) is 3.13. The summed E-state index contributed by atoms with van der Waals surface area (Å²) in [7, 11) is 0. The second-order valence-electron chi connectivity index (χ2n) is 12.1. The molecule has 48 heavy (non-hydrogen) atoms. The summed E-state index contributed by atoms with van der Waals surface area (Å²) in [6.45, 7) is 11.3. The van der Waals surface area contributed by atoms with Gasteiger partial charge >= 0.3 is 35.8 Å². The molecular weight excluding hydrogens is 636 g/mol. The quantitative estimate of drug-likeness (QED) is 0.231. The van der Waals surface area contributed by atoms with Gasteiger partial charge in [0.1, 0.15) is 25.4 Å². The van der Waals surface area contributed by atoms with E-state index in [-0.39, 0.29) is 31.0 Å². The fraction of sp³-hybridized carbons (Fsp3) is 0.606. The van der Waals surface area contributed by atoms with Gasteiger partial charge in [0.25, 0.3) is 0 Å². The SMILES string of the molecule is CC(=O)OCc1c(CCO[C@@H]2O[C@H](COC(C)=O)[C@@H](OC(C)=O)[C@H](OC(C)=O)[C@H]2OC(C)=O)c(C)cc2c1C(=O)C(C)(C)[C@@H]2OC(C)=O. The summed E-state index contributed by atoms with van der Waals surface area (Å²) in [5.74, 6) is -4.44. The number of esters is 6. The first-order valence-electron chi connectivity index (χ1n) is 15.3. The lowest BCUT2D eigenvalue weighted by molar-refractivity contribution is -0.307. The zero-order valence-electron chi connectivity index (χ0n) is 28.5. The lowest BCUT2D eigenvalue weighted by Gasteiger charge is -2.44. The Balaban J connectivity index is 2.01. The Morgan fingerprint density at radius 2 is 1.27 bits per heavy atom. The first-order valence-corrected chi connectivity index (χ1v) is 15.3. The largest absolute Gasteiger partial charge is 0.463 e. The zero-order valence-corrected chi connectivity index (χ0v) is 28.5. The van der Waals surface area contributed by atoms with Crippen LogP contribution in [0.25, 0.3) is 0 Å². The van der Waals surface area contributed by atoms with Gasteiger partial charge in [-0.1, -0.05) is 6.07 Å². The number of rotatable bonds is 12. The van der Waals surface area contributed by atoms with Crippen molar-refractivity contribution < 1.29 is 71.5 Å². The molecule has 15 nitrogen and oxygen atoms in total. The summed E-state index contributed by atoms with van der Waals surface area (Å²) in [6.07, 6.45) is -7.52. The molecule has 1 aliphatic carbocycles. The Hall–Kier alpha value is -4.37. The predicted molar refractivity (Wildman–Crippen MR) is 161 cm³/mol. The molecule has 0 bridgehead atoms. The van der Waals surface area contributed by atoms with Gasteiger partial charge in [0.05, 0.1) is 12.0 Å². The highest BCUT2D eigenvalue weighted by atomic mass is 16.7. The molecule has 15 heteroatoms. The van der Waals surface area contributed by atoms with Crippen molar-refractivity contribution in [2.45, 2.75) is 112 Å². The topological polar surface area (TPSA) is 193 Å². The third kappa shape index (κ3) is 8.95. The molecular formula is C33H42O15. The van der Waals surface area contributed by atoms with E-state index in [0.29, 0.717) is 22.3 Å². The third-order valence-electron chi connectivity index (χ3n) is 7.84. The summed E-state index contributed by atoms with van der Waals surface area (Å²) in [4.78, 5) is 85.4. The highest BCUT2D eigenvalue weighted by molar-refractivity contribution is 6.07. The van der Waals surface area contributed by atoms with Crippen LogP contribution in [0.3, 0.4) is 0 Å². The molecule has 0 saturated carbocycles. The van der Waals surface area contributed by atoms with Crippen molar-refractivity contribution in [3.8, 4) is 0 Å². The fourth-order valence-electron chi connectivity index (χ4n) is 5.92. The minimum Gasteiger partial charge on any atom is -0.463 e. The van der Waals surface area contributed by atoms with Crippen LogP contribution in [-0.2, 0) is 79.7 Å². The smallest absolute Gasteiger partial charge is 0.303 e. The molecule has 0 radical (unpaired) electrons. The van der Waals surface area contributed by atoms with Gasteiger partial charge in [0, 0.05) is 58.2 Å². The molecule has 0 spiro atoms. The number of hydrogen-bond donors (Lipinski definition) is 0. The van der Waals surface area contributed by atoms with E-state index in [2.05, 4.69) is 0 Å². The van der Waals surface area contributed by atoms with Crippen LogP contribution in [0.1, 0.15) is 94.1 Å². The Bertz CT molecular complexity index is 1460. The highest BCUT2D eigenvalue weighted by Crippen LogP contribution is 2.50. The molecule has 0 aromatic heterocycles. The van der Waals surface area contributed by atoms with E-state index >= 15 is 0 Å². The van der Waals surface area contributed by atoms with E-state index in [1.54, 1.807) is 26.8 Å². The predicted octanol–water partition coefficient (Wildman–Crippen LogP) is 2.53. The zero-order chi connectivity index (χ0) is 36.1. The molecule has 1 heterocycles. The Labute approximate surface area is 277 Å². The molecule has 264 valence electrons. The van der Waals surface area contributed by atoms with Crippen LogP contribution in [-0.4, -0.2) is 85.5 Å². The second-order valence-corrected chi connectivity index (χ2v) is 12.1. The van der Waals surface area contributed by atoms with Crippen molar-refractivity contribution in [3.05, 3.63) is 33.9 Å². The van der Waals surface area contributed by atoms with Crippen molar-refractivity contribution in [2.24, 2.45) is 5.41 Å². The molecule has 6 atom stereocenters. The van der Waals surface area contributed by atoms with Crippen LogP contribution in [0.2, 0.25) is 0 Å². The first kappa shape index (κ1) is 38.1. The van der Waals surface area contributed by atoms with Gasteiger partial charge in [-0.25, -0.2) is 0 Å². The van der Waals surface area contributed by atoms with Crippen LogP contribution in [0.15, 0.2) is 6.07 Å². The maximum Gasteiger partial charge on any atom is 0.303 e. The fourth-order valence-corrected chi connectivity index (χ4v) is 5.92. The molecule has 2 aliphatic rings. The number of fused-ring (bicyclic) bond motifs is 1. The molecule has 1 fully saturated rings. The van der Waals surface area contributed by atoms with Crippen LogP contribution in [0.4, 0.5) is 0 Å². The lowest BCUT2D eigenvalue weighted by Crippen LogP contribution is -2.63. The molecule has 1 aromatic rings. The Morgan fingerprint density at radius 1 is 0.729 bits per heavy atom. The van der Waals surface area contributed by atoms with Gasteiger partial charge in [0.2, 0.25) is 0 Å². The number of benzene rings is 1. The number of carbonyl (C=O) groups is 7. The summed E-state index contributed by atoms with van der Waals surface area (Å²) in [5.41, 5.74) is 1.37. The molecule has 1 aliphatic heterocycles. The maximum absolute atomic E-state index is 13.7. The maximum atomic E-state index is 13.7. The summed E-state index contributed by atoms with van der Waals surface area (Å²) in [5, 5.41) is 0. The molecule has 1 saturated heterocycles. The minimum absolute atomic E-state index is 0.120. The van der Waals surface area contributed by atoms with E-state index in [1.165, 1.54) is 13.8 Å². The van der Waals surface area contributed by atoms with E-state index in [4.69, 9.17) is 37.9 Å². The first-order chi connectivity index (χ1) is 22.3. The van der Waals surface area contributed by atoms with Crippen LogP contribution in [0, 0.1) is 12.3 Å². The van der Waals surface area contributed by atoms with Gasteiger partial charge in [-0.2, -0.15) is 0 Å². The van der Waals surface area contributed by atoms with Gasteiger partial charge < -0.3 is 37.9 Å². The highest BCUT2D eigenvalue weighted by Gasteiger charge is 2.53. The van der Waals surface area contributed by atoms with Crippen molar-refractivity contribution in [2.75, 3.05) is 13.2 Å². The summed E-state index contributed by atoms with van der Waals surface area (Å²) < 4.78 is 44.4. The normalized spacial score (nSPS) is 24.1. The monoisotopic (exact) mass is 678 g/mol. The number of hydrogen-bond acceptors (Lipinski definition) is 15. The summed E-state index contributed by atoms with van der Waals surface area (Å²) >= 11 is 0. The van der Waals surface area contributed by atoms with Crippen LogP contribution < -0.4 is 0 Å². The van der Waals surface area contributed by atoms with Crippen LogP contribution >= 0.6 is 0 Å². The molecule has 0 N–H and O–H groups in total. The van der Waals surface area contributed by atoms with Crippen molar-refractivity contribution >= 4 is 41.6 Å². The van der Waals surface area contributed by atoms with Crippen molar-refractivity contribution in [3.63, 3.8) is 0 Å². The number of ketones is 1. The lowest BCUT2D eigenvalue weighted by atomic mass is 9.86. The Kier molecular flexibility index (Phi) is 12.4. The van der Waals surface area contributed by atoms with E-state index < -0.39 is 84.6 Å². The van der Waals surface area contributed by atoms with Gasteiger partial charge in [-0.3, -0.25) is 33.6 Å². The summed E-state index contributed by atoms with van der Waals surface area (Å²) in [6, 6.07) is 1.75. The second kappa shape index (κ2) is 15.7. The number of aryl methyl sites for hydroxylation is 1. The van der Waals surface area contributed by atoms with E-state index in [0.717, 1.165) is 27.7 Å². The number of ether oxygens (including phenoxy) is 8. The average molecular weight is 679 g/mol. The Morgan fingerprint density at radius 3 is 1.81 bits per heavy atom. The molecule has 0 unspecified atom stereocenters. The standard InChI is InChI=1S/C33H42O15/c1-15-12-23-26(30(40)33(8,9)31(23)47-21(7)39)24(13-42-16(2)34)22(15)10-11-41-32-29(46-20(6)38)28(45-19(5)37)27(44-18(4)36)25(48-32)14-43-17(3)35/h12,25,27-29,31-32H,10-11,13-14H2,1-9H3/t25-,27-,28+,29-,31-,32-/m1/s1. The van der Waals surface area contributed by atoms with E-state index in [1.807, 2.05) is 0 Å². The number of carbonyl (C=O) groups excluding carboxylic acids is 7. The molecule has 3 rings (SSSR count). The third-order valence-corrected chi connectivity index (χ3v) is 7.84. The van der Waals surface area contributed by atoms with E-state index in [9.17, 15) is 33.6 Å². The van der Waals surface area contributed by atoms with Gasteiger partial charge in [-0.05, 0) is 38.3 Å². The van der Waals surface area contributed by atoms with Crippen molar-refractivity contribution in [1.29, 1.82) is 0 Å². The van der Waals surface area contributed by atoms with Gasteiger partial charge in [0.15, 0.2) is 30.4 Å². The molecule has 0 amide bonds. The molecule has 1 aromatic carbocycles.